The number of likely N-dealkylation sites (tertiary alicyclic amines) is 1. The lowest BCUT2D eigenvalue weighted by atomic mass is 9.98. The molecule has 0 aromatic heterocycles. The van der Waals surface area contributed by atoms with Gasteiger partial charge in [-0.1, -0.05) is 48.5 Å². The number of nitrogens with zero attached hydrogens (tertiary/aromatic N) is 3. The van der Waals surface area contributed by atoms with Crippen LogP contribution in [0.25, 0.3) is 5.57 Å². The van der Waals surface area contributed by atoms with E-state index in [0.29, 0.717) is 35.5 Å². The van der Waals surface area contributed by atoms with Gasteiger partial charge >= 0.3 is 6.18 Å². The van der Waals surface area contributed by atoms with Crippen LogP contribution in [0.4, 0.5) is 17.6 Å². The SMILES string of the molecule is C=C(/C(C)=C(\Cl)N1C=C(c2cccc(CN(C)C)c2)C=C(C(F)(F)F)C1)N1CCC(c2ccc(F)cc2)C1. The van der Waals surface area contributed by atoms with E-state index in [9.17, 15) is 17.6 Å². The third-order valence-corrected chi connectivity index (χ3v) is 7.50. The smallest absolute Gasteiger partial charge is 0.371 e. The minimum atomic E-state index is -4.49. The molecule has 2 aromatic rings. The van der Waals surface area contributed by atoms with Crippen molar-refractivity contribution in [3.05, 3.63) is 112 Å². The van der Waals surface area contributed by atoms with E-state index in [1.807, 2.05) is 43.3 Å². The van der Waals surface area contributed by atoms with Gasteiger partial charge in [-0.3, -0.25) is 0 Å². The molecule has 0 bridgehead atoms. The molecule has 2 aromatic carbocycles. The van der Waals surface area contributed by atoms with Crippen LogP contribution in [0.15, 0.2) is 89.4 Å². The predicted octanol–water partition coefficient (Wildman–Crippen LogP) is 7.51. The minimum absolute atomic E-state index is 0.206. The van der Waals surface area contributed by atoms with Crippen molar-refractivity contribution in [1.82, 2.24) is 14.7 Å². The summed E-state index contributed by atoms with van der Waals surface area (Å²) in [6.07, 6.45) is -0.742. The Labute approximate surface area is 227 Å². The van der Waals surface area contributed by atoms with E-state index in [1.165, 1.54) is 23.1 Å². The molecule has 0 spiro atoms. The zero-order valence-electron chi connectivity index (χ0n) is 21.8. The normalized spacial score (nSPS) is 18.9. The van der Waals surface area contributed by atoms with Gasteiger partial charge in [0.15, 0.2) is 0 Å². The third-order valence-electron chi connectivity index (χ3n) is 6.99. The summed E-state index contributed by atoms with van der Waals surface area (Å²) in [5, 5.41) is 0.206. The van der Waals surface area contributed by atoms with E-state index in [1.54, 1.807) is 25.3 Å². The zero-order valence-corrected chi connectivity index (χ0v) is 22.6. The molecular weight excluding hydrogens is 514 g/mol. The van der Waals surface area contributed by atoms with Gasteiger partial charge in [0.1, 0.15) is 11.0 Å². The molecule has 1 unspecified atom stereocenters. The first-order valence-electron chi connectivity index (χ1n) is 12.5. The third kappa shape index (κ3) is 6.51. The molecular formula is C30H32ClF4N3. The fourth-order valence-electron chi connectivity index (χ4n) is 4.92. The van der Waals surface area contributed by atoms with Crippen molar-refractivity contribution in [3.63, 3.8) is 0 Å². The molecule has 2 aliphatic heterocycles. The highest BCUT2D eigenvalue weighted by Gasteiger charge is 2.37. The number of benzene rings is 2. The Bertz CT molecular complexity index is 1280. The van der Waals surface area contributed by atoms with Crippen LogP contribution in [0, 0.1) is 5.82 Å². The second kappa shape index (κ2) is 11.4. The number of rotatable bonds is 7. The molecule has 0 aliphatic carbocycles. The molecule has 1 fully saturated rings. The molecule has 0 N–H and O–H groups in total. The molecule has 3 nitrogen and oxygen atoms in total. The Morgan fingerprint density at radius 2 is 1.84 bits per heavy atom. The van der Waals surface area contributed by atoms with Crippen molar-refractivity contribution in [3.8, 4) is 0 Å². The predicted molar refractivity (Wildman–Crippen MR) is 146 cm³/mol. The summed E-state index contributed by atoms with van der Waals surface area (Å²) in [5.41, 5.74) is 3.81. The van der Waals surface area contributed by atoms with Crippen LogP contribution in [-0.2, 0) is 6.54 Å². The van der Waals surface area contributed by atoms with Gasteiger partial charge in [-0.25, -0.2) is 4.39 Å². The summed E-state index contributed by atoms with van der Waals surface area (Å²) >= 11 is 6.75. The number of halogens is 5. The second-order valence-corrected chi connectivity index (χ2v) is 10.5. The van der Waals surface area contributed by atoms with Crippen molar-refractivity contribution < 1.29 is 17.6 Å². The highest BCUT2D eigenvalue weighted by molar-refractivity contribution is 6.30. The average Bonchev–Trinajstić information content (AvgIpc) is 3.37. The second-order valence-electron chi connectivity index (χ2n) is 10.2. The highest BCUT2D eigenvalue weighted by Crippen LogP contribution is 2.37. The van der Waals surface area contributed by atoms with Crippen LogP contribution in [0.1, 0.15) is 36.0 Å². The van der Waals surface area contributed by atoms with Gasteiger partial charge in [0, 0.05) is 43.0 Å². The summed E-state index contributed by atoms with van der Waals surface area (Å²) in [6, 6.07) is 14.0. The maximum Gasteiger partial charge on any atom is 0.414 e. The Morgan fingerprint density at radius 1 is 1.13 bits per heavy atom. The van der Waals surface area contributed by atoms with Gasteiger partial charge < -0.3 is 14.7 Å². The van der Waals surface area contributed by atoms with Crippen LogP contribution in [0.2, 0.25) is 0 Å². The van der Waals surface area contributed by atoms with E-state index in [2.05, 4.69) is 11.5 Å². The van der Waals surface area contributed by atoms with Gasteiger partial charge in [-0.05, 0) is 74.0 Å². The van der Waals surface area contributed by atoms with Crippen LogP contribution in [0.5, 0.6) is 0 Å². The van der Waals surface area contributed by atoms with E-state index in [4.69, 9.17) is 11.6 Å². The molecule has 2 heterocycles. The van der Waals surface area contributed by atoms with Gasteiger partial charge in [0.25, 0.3) is 0 Å². The van der Waals surface area contributed by atoms with Crippen LogP contribution in [-0.4, -0.2) is 54.6 Å². The number of hydrogen-bond acceptors (Lipinski definition) is 3. The maximum absolute atomic E-state index is 13.9. The summed E-state index contributed by atoms with van der Waals surface area (Å²) in [4.78, 5) is 5.54. The van der Waals surface area contributed by atoms with E-state index < -0.39 is 11.7 Å². The maximum atomic E-state index is 13.9. The Morgan fingerprint density at radius 3 is 2.50 bits per heavy atom. The molecule has 202 valence electrons. The van der Waals surface area contributed by atoms with Gasteiger partial charge in [-0.15, -0.1) is 0 Å². The fraction of sp³-hybridized carbons (Fsp3) is 0.333. The number of alkyl halides is 3. The molecule has 0 amide bonds. The lowest BCUT2D eigenvalue weighted by Gasteiger charge is -2.30. The van der Waals surface area contributed by atoms with Crippen molar-refractivity contribution >= 4 is 17.2 Å². The van der Waals surface area contributed by atoms with Crippen molar-refractivity contribution in [2.24, 2.45) is 0 Å². The van der Waals surface area contributed by atoms with E-state index in [0.717, 1.165) is 24.1 Å². The lowest BCUT2D eigenvalue weighted by Crippen LogP contribution is -2.29. The van der Waals surface area contributed by atoms with Crippen LogP contribution < -0.4 is 0 Å². The molecule has 1 saturated heterocycles. The Kier molecular flexibility index (Phi) is 8.38. The molecule has 38 heavy (non-hydrogen) atoms. The summed E-state index contributed by atoms with van der Waals surface area (Å²) in [5.74, 6) is -0.0566. The van der Waals surface area contributed by atoms with Gasteiger partial charge in [0.05, 0.1) is 12.1 Å². The molecule has 4 rings (SSSR count). The van der Waals surface area contributed by atoms with Crippen molar-refractivity contribution in [1.29, 1.82) is 0 Å². The molecule has 8 heteroatoms. The zero-order chi connectivity index (χ0) is 27.6. The molecule has 2 aliphatic rings. The van der Waals surface area contributed by atoms with E-state index >= 15 is 0 Å². The first kappa shape index (κ1) is 28.0. The summed E-state index contributed by atoms with van der Waals surface area (Å²) in [6.45, 7) is 7.70. The standard InChI is InChI=1S/C30H32ClF4N3/c1-20(21(2)37-13-12-25(17-37)23-8-10-28(32)11-9-23)29(31)38-18-26(15-27(19-38)30(33,34)35)24-7-5-6-22(14-24)16-36(3)4/h5-11,14-15,18,25H,2,12-13,16-17,19H2,1,3-4H3/b29-20+. The minimum Gasteiger partial charge on any atom is -0.371 e. The van der Waals surface area contributed by atoms with Gasteiger partial charge in [-0.2, -0.15) is 13.2 Å². The lowest BCUT2D eigenvalue weighted by molar-refractivity contribution is -0.0945. The number of allylic oxidation sites excluding steroid dienone is 3. The van der Waals surface area contributed by atoms with E-state index in [-0.39, 0.29) is 23.4 Å². The first-order chi connectivity index (χ1) is 17.9. The molecule has 0 radical (unpaired) electrons. The Balaban J connectivity index is 1.59. The highest BCUT2D eigenvalue weighted by atomic mass is 35.5. The summed E-state index contributed by atoms with van der Waals surface area (Å²) < 4.78 is 55.1. The monoisotopic (exact) mass is 545 g/mol. The fourth-order valence-corrected chi connectivity index (χ4v) is 5.14. The van der Waals surface area contributed by atoms with Gasteiger partial charge in [0.2, 0.25) is 0 Å². The molecule has 1 atom stereocenters. The molecule has 0 saturated carbocycles. The number of hydrogen-bond donors (Lipinski definition) is 0. The van der Waals surface area contributed by atoms with Crippen LogP contribution in [0.3, 0.4) is 0 Å². The van der Waals surface area contributed by atoms with Crippen molar-refractivity contribution in [2.75, 3.05) is 33.7 Å². The quantitative estimate of drug-likeness (QED) is 0.202. The van der Waals surface area contributed by atoms with Crippen molar-refractivity contribution in [2.45, 2.75) is 32.0 Å². The summed E-state index contributed by atoms with van der Waals surface area (Å²) in [7, 11) is 3.89. The van der Waals surface area contributed by atoms with Crippen LogP contribution >= 0.6 is 11.6 Å². The Hall–Kier alpha value is -3.03. The topological polar surface area (TPSA) is 9.72 Å². The average molecular weight is 546 g/mol. The first-order valence-corrected chi connectivity index (χ1v) is 12.9. The largest absolute Gasteiger partial charge is 0.414 e.